The maximum Gasteiger partial charge on any atom is 0.262 e. The topological polar surface area (TPSA) is 85.9 Å². The molecule has 0 atom stereocenters. The number of pyridine rings is 2. The number of nitrogens with zero attached hydrogens (tertiary/aromatic N) is 2. The minimum atomic E-state index is -3.61. The Bertz CT molecular complexity index is 604. The predicted molar refractivity (Wildman–Crippen MR) is 75.4 cm³/mol. The van der Waals surface area contributed by atoms with Crippen molar-refractivity contribution < 1.29 is 8.42 Å². The number of anilines is 1. The van der Waals surface area contributed by atoms with Gasteiger partial charge in [0.05, 0.1) is 11.9 Å². The highest BCUT2D eigenvalue weighted by atomic mass is 35.7. The van der Waals surface area contributed by atoms with Crippen molar-refractivity contribution in [3.8, 4) is 0 Å². The van der Waals surface area contributed by atoms with Crippen molar-refractivity contribution in [1.29, 1.82) is 0 Å². The van der Waals surface area contributed by atoms with Crippen LogP contribution in [0.5, 0.6) is 0 Å². The lowest BCUT2D eigenvalue weighted by Gasteiger charge is -1.94. The van der Waals surface area contributed by atoms with E-state index in [1.165, 1.54) is 12.3 Å². The van der Waals surface area contributed by atoms with Crippen LogP contribution in [0.25, 0.3) is 0 Å². The van der Waals surface area contributed by atoms with E-state index in [1.54, 1.807) is 19.2 Å². The average molecular weight is 300 g/mol. The van der Waals surface area contributed by atoms with Gasteiger partial charge in [-0.05, 0) is 38.1 Å². The molecule has 2 aromatic rings. The van der Waals surface area contributed by atoms with E-state index in [2.05, 4.69) is 9.97 Å². The van der Waals surface area contributed by atoms with Crippen LogP contribution >= 0.6 is 10.7 Å². The first kappa shape index (κ1) is 15.4. The van der Waals surface area contributed by atoms with E-state index in [0.717, 1.165) is 17.1 Å². The zero-order chi connectivity index (χ0) is 14.5. The molecular weight excluding hydrogens is 286 g/mol. The molecule has 0 bridgehead atoms. The molecule has 0 amide bonds. The number of halogens is 1. The maximum atomic E-state index is 10.7. The third kappa shape index (κ3) is 5.67. The third-order valence-corrected chi connectivity index (χ3v) is 3.44. The first-order chi connectivity index (χ1) is 8.79. The molecule has 2 heterocycles. The van der Waals surface area contributed by atoms with E-state index in [4.69, 9.17) is 16.4 Å². The summed E-state index contributed by atoms with van der Waals surface area (Å²) >= 11 is 0. The predicted octanol–water partition coefficient (Wildman–Crippen LogP) is 2.29. The van der Waals surface area contributed by atoms with Gasteiger partial charge >= 0.3 is 0 Å². The van der Waals surface area contributed by atoms with Gasteiger partial charge in [0.15, 0.2) is 0 Å². The maximum absolute atomic E-state index is 10.7. The Morgan fingerprint density at radius 2 is 1.53 bits per heavy atom. The second kappa shape index (κ2) is 6.49. The van der Waals surface area contributed by atoms with E-state index in [9.17, 15) is 8.42 Å². The lowest BCUT2D eigenvalue weighted by molar-refractivity contribution is 0.609. The van der Waals surface area contributed by atoms with Gasteiger partial charge in [0.1, 0.15) is 4.90 Å². The van der Waals surface area contributed by atoms with Gasteiger partial charge in [-0.25, -0.2) is 8.42 Å². The molecule has 19 heavy (non-hydrogen) atoms. The van der Waals surface area contributed by atoms with E-state index in [1.807, 2.05) is 19.1 Å². The summed E-state index contributed by atoms with van der Waals surface area (Å²) in [5.41, 5.74) is 7.84. The summed E-state index contributed by atoms with van der Waals surface area (Å²) in [7, 11) is 1.43. The molecule has 0 spiro atoms. The van der Waals surface area contributed by atoms with Crippen LogP contribution in [-0.2, 0) is 9.05 Å². The number of nitrogen functional groups attached to an aromatic ring is 1. The van der Waals surface area contributed by atoms with Crippen molar-refractivity contribution in [2.45, 2.75) is 18.7 Å². The lowest BCUT2D eigenvalue weighted by atomic mass is 10.4. The first-order valence-electron chi connectivity index (χ1n) is 5.34. The molecule has 0 aliphatic heterocycles. The van der Waals surface area contributed by atoms with Gasteiger partial charge in [-0.3, -0.25) is 9.97 Å². The number of aryl methyl sites for hydroxylation is 2. The minimum Gasteiger partial charge on any atom is -0.397 e. The van der Waals surface area contributed by atoms with Crippen LogP contribution < -0.4 is 5.73 Å². The highest BCUT2D eigenvalue weighted by Gasteiger charge is 2.08. The van der Waals surface area contributed by atoms with Gasteiger partial charge in [0, 0.05) is 28.3 Å². The van der Waals surface area contributed by atoms with Crippen LogP contribution in [0, 0.1) is 13.8 Å². The van der Waals surface area contributed by atoms with E-state index in [0.29, 0.717) is 0 Å². The Morgan fingerprint density at radius 3 is 1.84 bits per heavy atom. The van der Waals surface area contributed by atoms with Crippen molar-refractivity contribution in [2.24, 2.45) is 0 Å². The standard InChI is InChI=1S/C6H6ClNO2S.C6H8N2/c1-5-2-3-6(4-8-5)11(7,9)10;1-5-2-3-6(7)4-8-5/h2-4H,1H3;2-4H,7H2,1H3. The molecule has 7 heteroatoms. The highest BCUT2D eigenvalue weighted by Crippen LogP contribution is 2.12. The molecule has 0 unspecified atom stereocenters. The molecule has 2 N–H and O–H groups in total. The summed E-state index contributed by atoms with van der Waals surface area (Å²) in [6.45, 7) is 3.70. The number of hydrogen-bond donors (Lipinski definition) is 1. The number of hydrogen-bond acceptors (Lipinski definition) is 5. The molecule has 5 nitrogen and oxygen atoms in total. The number of aromatic nitrogens is 2. The SMILES string of the molecule is Cc1ccc(N)cn1.Cc1ccc(S(=O)(=O)Cl)cn1. The Hall–Kier alpha value is -1.66. The summed E-state index contributed by atoms with van der Waals surface area (Å²) in [4.78, 5) is 7.77. The van der Waals surface area contributed by atoms with Crippen molar-refractivity contribution in [3.63, 3.8) is 0 Å². The van der Waals surface area contributed by atoms with Crippen LogP contribution in [0.2, 0.25) is 0 Å². The van der Waals surface area contributed by atoms with E-state index >= 15 is 0 Å². The van der Waals surface area contributed by atoms with Crippen LogP contribution in [0.15, 0.2) is 41.6 Å². The van der Waals surface area contributed by atoms with Crippen molar-refractivity contribution >= 4 is 25.4 Å². The van der Waals surface area contributed by atoms with Crippen LogP contribution in [-0.4, -0.2) is 18.4 Å². The molecule has 0 radical (unpaired) electrons. The first-order valence-corrected chi connectivity index (χ1v) is 7.65. The second-order valence-corrected chi connectivity index (χ2v) is 6.37. The lowest BCUT2D eigenvalue weighted by Crippen LogP contribution is -1.91. The van der Waals surface area contributed by atoms with Gasteiger partial charge in [0.25, 0.3) is 9.05 Å². The third-order valence-electron chi connectivity index (χ3n) is 2.10. The second-order valence-electron chi connectivity index (χ2n) is 3.81. The molecular formula is C12H14ClN3O2S. The van der Waals surface area contributed by atoms with Gasteiger partial charge in [-0.2, -0.15) is 0 Å². The molecule has 0 fully saturated rings. The molecule has 102 valence electrons. The fourth-order valence-electron chi connectivity index (χ4n) is 1.08. The summed E-state index contributed by atoms with van der Waals surface area (Å²) in [6, 6.07) is 6.73. The van der Waals surface area contributed by atoms with Crippen LogP contribution in [0.3, 0.4) is 0 Å². The monoisotopic (exact) mass is 299 g/mol. The molecule has 0 aliphatic rings. The normalized spacial score (nSPS) is 10.5. The van der Waals surface area contributed by atoms with Gasteiger partial charge in [0.2, 0.25) is 0 Å². The van der Waals surface area contributed by atoms with Crippen molar-refractivity contribution in [1.82, 2.24) is 9.97 Å². The zero-order valence-electron chi connectivity index (χ0n) is 10.5. The average Bonchev–Trinajstić information content (AvgIpc) is 2.33. The molecule has 2 aromatic heterocycles. The molecule has 0 aliphatic carbocycles. The minimum absolute atomic E-state index is 0.0322. The summed E-state index contributed by atoms with van der Waals surface area (Å²) in [5.74, 6) is 0. The number of rotatable bonds is 1. The van der Waals surface area contributed by atoms with E-state index in [-0.39, 0.29) is 4.90 Å². The summed E-state index contributed by atoms with van der Waals surface area (Å²) < 4.78 is 21.3. The number of nitrogens with two attached hydrogens (primary N) is 1. The van der Waals surface area contributed by atoms with Gasteiger partial charge < -0.3 is 5.73 Å². The molecule has 2 rings (SSSR count). The van der Waals surface area contributed by atoms with Crippen LogP contribution in [0.4, 0.5) is 5.69 Å². The zero-order valence-corrected chi connectivity index (χ0v) is 12.1. The summed E-state index contributed by atoms with van der Waals surface area (Å²) in [5, 5.41) is 0. The van der Waals surface area contributed by atoms with Crippen LogP contribution in [0.1, 0.15) is 11.4 Å². The Labute approximate surface area is 116 Å². The van der Waals surface area contributed by atoms with Gasteiger partial charge in [-0.15, -0.1) is 0 Å². The fourth-order valence-corrected chi connectivity index (χ4v) is 1.76. The van der Waals surface area contributed by atoms with Gasteiger partial charge in [-0.1, -0.05) is 0 Å². The summed E-state index contributed by atoms with van der Waals surface area (Å²) in [6.07, 6.45) is 2.88. The Kier molecular flexibility index (Phi) is 5.26. The quantitative estimate of drug-likeness (QED) is 0.816. The molecule has 0 aromatic carbocycles. The Morgan fingerprint density at radius 1 is 1.00 bits per heavy atom. The Balaban J connectivity index is 0.000000200. The largest absolute Gasteiger partial charge is 0.397 e. The highest BCUT2D eigenvalue weighted by molar-refractivity contribution is 8.13. The smallest absolute Gasteiger partial charge is 0.262 e. The van der Waals surface area contributed by atoms with Crippen molar-refractivity contribution in [3.05, 3.63) is 48.0 Å². The van der Waals surface area contributed by atoms with E-state index < -0.39 is 9.05 Å². The fraction of sp³-hybridized carbons (Fsp3) is 0.167. The van der Waals surface area contributed by atoms with Crippen molar-refractivity contribution in [2.75, 3.05) is 5.73 Å². The molecule has 0 saturated carbocycles. The molecule has 0 saturated heterocycles.